The summed E-state index contributed by atoms with van der Waals surface area (Å²) in [5.41, 5.74) is 2.90. The summed E-state index contributed by atoms with van der Waals surface area (Å²) in [6, 6.07) is 3.94. The number of anilines is 1. The molecule has 0 atom stereocenters. The van der Waals surface area contributed by atoms with E-state index in [0.29, 0.717) is 5.75 Å². The van der Waals surface area contributed by atoms with E-state index >= 15 is 0 Å². The molecule has 0 amide bonds. The Morgan fingerprint density at radius 1 is 1.31 bits per heavy atom. The second kappa shape index (κ2) is 4.17. The fraction of sp³-hybridized carbons (Fsp3) is 0.455. The Balaban J connectivity index is 2.90. The molecule has 0 fully saturated rings. The SMILES string of the molecule is CCCNc1ccc(C)c(O)c1C. The van der Waals surface area contributed by atoms with Crippen LogP contribution in [0.25, 0.3) is 0 Å². The standard InChI is InChI=1S/C11H17NO/c1-4-7-12-10-6-5-8(2)11(13)9(10)3/h5-6,12-13H,4,7H2,1-3H3. The molecule has 0 saturated heterocycles. The Morgan fingerprint density at radius 2 is 2.00 bits per heavy atom. The zero-order valence-electron chi connectivity index (χ0n) is 8.52. The number of hydrogen-bond acceptors (Lipinski definition) is 2. The summed E-state index contributed by atoms with van der Waals surface area (Å²) in [6.45, 7) is 6.91. The number of aryl methyl sites for hydroxylation is 1. The van der Waals surface area contributed by atoms with E-state index in [9.17, 15) is 5.11 Å². The van der Waals surface area contributed by atoms with Gasteiger partial charge in [-0.3, -0.25) is 0 Å². The van der Waals surface area contributed by atoms with Crippen LogP contribution in [-0.2, 0) is 0 Å². The second-order valence-corrected chi connectivity index (χ2v) is 3.33. The zero-order chi connectivity index (χ0) is 9.84. The first-order valence-electron chi connectivity index (χ1n) is 4.69. The van der Waals surface area contributed by atoms with Crippen molar-refractivity contribution in [2.45, 2.75) is 27.2 Å². The molecule has 0 radical (unpaired) electrons. The second-order valence-electron chi connectivity index (χ2n) is 3.33. The quantitative estimate of drug-likeness (QED) is 0.747. The third-order valence-electron chi connectivity index (χ3n) is 2.20. The number of benzene rings is 1. The molecule has 0 unspecified atom stereocenters. The van der Waals surface area contributed by atoms with Crippen molar-refractivity contribution in [1.29, 1.82) is 0 Å². The third kappa shape index (κ3) is 2.14. The Hall–Kier alpha value is -1.18. The van der Waals surface area contributed by atoms with Gasteiger partial charge in [-0.25, -0.2) is 0 Å². The minimum Gasteiger partial charge on any atom is -0.507 e. The highest BCUT2D eigenvalue weighted by molar-refractivity contribution is 5.58. The smallest absolute Gasteiger partial charge is 0.123 e. The molecule has 0 aromatic heterocycles. The van der Waals surface area contributed by atoms with E-state index in [2.05, 4.69) is 12.2 Å². The molecule has 0 bridgehead atoms. The van der Waals surface area contributed by atoms with Gasteiger partial charge in [-0.1, -0.05) is 13.0 Å². The maximum absolute atomic E-state index is 9.65. The first-order chi connectivity index (χ1) is 6.16. The molecular weight excluding hydrogens is 162 g/mol. The van der Waals surface area contributed by atoms with Crippen molar-refractivity contribution >= 4 is 5.69 Å². The Labute approximate surface area is 79.6 Å². The van der Waals surface area contributed by atoms with Crippen molar-refractivity contribution in [3.8, 4) is 5.75 Å². The molecule has 1 aromatic rings. The van der Waals surface area contributed by atoms with Gasteiger partial charge in [0.25, 0.3) is 0 Å². The fourth-order valence-electron chi connectivity index (χ4n) is 1.29. The highest BCUT2D eigenvalue weighted by atomic mass is 16.3. The van der Waals surface area contributed by atoms with Crippen molar-refractivity contribution in [2.24, 2.45) is 0 Å². The van der Waals surface area contributed by atoms with E-state index in [1.807, 2.05) is 26.0 Å². The predicted octanol–water partition coefficient (Wildman–Crippen LogP) is 2.83. The molecule has 2 nitrogen and oxygen atoms in total. The maximum Gasteiger partial charge on any atom is 0.123 e. The van der Waals surface area contributed by atoms with Gasteiger partial charge in [-0.2, -0.15) is 0 Å². The van der Waals surface area contributed by atoms with Crippen LogP contribution in [0, 0.1) is 13.8 Å². The van der Waals surface area contributed by atoms with Gasteiger partial charge in [0.2, 0.25) is 0 Å². The van der Waals surface area contributed by atoms with Crippen LogP contribution in [0.5, 0.6) is 5.75 Å². The molecule has 2 N–H and O–H groups in total. The van der Waals surface area contributed by atoms with E-state index in [0.717, 1.165) is 29.8 Å². The van der Waals surface area contributed by atoms with E-state index in [1.165, 1.54) is 0 Å². The van der Waals surface area contributed by atoms with Crippen LogP contribution >= 0.6 is 0 Å². The van der Waals surface area contributed by atoms with E-state index in [4.69, 9.17) is 0 Å². The van der Waals surface area contributed by atoms with Crippen molar-refractivity contribution in [3.63, 3.8) is 0 Å². The molecule has 1 rings (SSSR count). The van der Waals surface area contributed by atoms with E-state index in [-0.39, 0.29) is 0 Å². The average molecular weight is 179 g/mol. The molecule has 13 heavy (non-hydrogen) atoms. The lowest BCUT2D eigenvalue weighted by Crippen LogP contribution is -2.01. The third-order valence-corrected chi connectivity index (χ3v) is 2.20. The highest BCUT2D eigenvalue weighted by Crippen LogP contribution is 2.27. The molecule has 0 aliphatic heterocycles. The van der Waals surface area contributed by atoms with Gasteiger partial charge in [-0.05, 0) is 31.9 Å². The highest BCUT2D eigenvalue weighted by Gasteiger charge is 2.04. The summed E-state index contributed by atoms with van der Waals surface area (Å²) < 4.78 is 0. The monoisotopic (exact) mass is 179 g/mol. The Morgan fingerprint density at radius 3 is 2.62 bits per heavy atom. The summed E-state index contributed by atoms with van der Waals surface area (Å²) in [6.07, 6.45) is 1.09. The molecule has 0 heterocycles. The van der Waals surface area contributed by atoms with Crippen LogP contribution in [0.4, 0.5) is 5.69 Å². The summed E-state index contributed by atoms with van der Waals surface area (Å²) in [5, 5.41) is 12.9. The molecule has 72 valence electrons. The molecule has 0 aliphatic carbocycles. The topological polar surface area (TPSA) is 32.3 Å². The van der Waals surface area contributed by atoms with Crippen LogP contribution in [-0.4, -0.2) is 11.7 Å². The van der Waals surface area contributed by atoms with Gasteiger partial charge in [0.05, 0.1) is 0 Å². The Kier molecular flexibility index (Phi) is 3.18. The zero-order valence-corrected chi connectivity index (χ0v) is 8.52. The van der Waals surface area contributed by atoms with Gasteiger partial charge in [-0.15, -0.1) is 0 Å². The fourth-order valence-corrected chi connectivity index (χ4v) is 1.29. The average Bonchev–Trinajstić information content (AvgIpc) is 2.13. The van der Waals surface area contributed by atoms with Gasteiger partial charge in [0, 0.05) is 17.8 Å². The number of phenols is 1. The largest absolute Gasteiger partial charge is 0.507 e. The van der Waals surface area contributed by atoms with E-state index < -0.39 is 0 Å². The van der Waals surface area contributed by atoms with Crippen LogP contribution in [0.2, 0.25) is 0 Å². The summed E-state index contributed by atoms with van der Waals surface area (Å²) in [4.78, 5) is 0. The van der Waals surface area contributed by atoms with Crippen LogP contribution in [0.1, 0.15) is 24.5 Å². The van der Waals surface area contributed by atoms with E-state index in [1.54, 1.807) is 0 Å². The minimum atomic E-state index is 0.404. The van der Waals surface area contributed by atoms with Crippen molar-refractivity contribution in [1.82, 2.24) is 0 Å². The molecule has 0 saturated carbocycles. The van der Waals surface area contributed by atoms with Crippen LogP contribution < -0.4 is 5.32 Å². The van der Waals surface area contributed by atoms with Crippen molar-refractivity contribution in [2.75, 3.05) is 11.9 Å². The number of aromatic hydroxyl groups is 1. The van der Waals surface area contributed by atoms with Crippen molar-refractivity contribution in [3.05, 3.63) is 23.3 Å². The summed E-state index contributed by atoms with van der Waals surface area (Å²) in [5.74, 6) is 0.404. The lowest BCUT2D eigenvalue weighted by Gasteiger charge is -2.11. The maximum atomic E-state index is 9.65. The first-order valence-corrected chi connectivity index (χ1v) is 4.69. The van der Waals surface area contributed by atoms with Gasteiger partial charge < -0.3 is 10.4 Å². The summed E-state index contributed by atoms with van der Waals surface area (Å²) in [7, 11) is 0. The first kappa shape index (κ1) is 9.90. The van der Waals surface area contributed by atoms with Gasteiger partial charge in [0.15, 0.2) is 0 Å². The van der Waals surface area contributed by atoms with Crippen molar-refractivity contribution < 1.29 is 5.11 Å². The molecule has 1 aromatic carbocycles. The number of rotatable bonds is 3. The van der Waals surface area contributed by atoms with Gasteiger partial charge in [0.1, 0.15) is 5.75 Å². The molecule has 2 heteroatoms. The summed E-state index contributed by atoms with van der Waals surface area (Å²) >= 11 is 0. The minimum absolute atomic E-state index is 0.404. The van der Waals surface area contributed by atoms with Gasteiger partial charge >= 0.3 is 0 Å². The van der Waals surface area contributed by atoms with Crippen LogP contribution in [0.3, 0.4) is 0 Å². The van der Waals surface area contributed by atoms with Crippen LogP contribution in [0.15, 0.2) is 12.1 Å². The predicted molar refractivity (Wildman–Crippen MR) is 56.4 cm³/mol. The molecular formula is C11H17NO. The molecule has 0 aliphatic rings. The lowest BCUT2D eigenvalue weighted by molar-refractivity contribution is 0.467. The normalized spacial score (nSPS) is 10.1. The molecule has 0 spiro atoms. The number of hydrogen-bond donors (Lipinski definition) is 2. The Bertz CT molecular complexity index is 294. The number of nitrogens with one attached hydrogen (secondary N) is 1. The lowest BCUT2D eigenvalue weighted by atomic mass is 10.1. The number of phenolic OH excluding ortho intramolecular Hbond substituents is 1.